The third-order valence-corrected chi connectivity index (χ3v) is 3.33. The van der Waals surface area contributed by atoms with Crippen LogP contribution in [0.4, 0.5) is 0 Å². The first kappa shape index (κ1) is 13.0. The first-order valence-electron chi connectivity index (χ1n) is 6.38. The number of nitrogens with zero attached hydrogens (tertiary/aromatic N) is 2. The van der Waals surface area contributed by atoms with E-state index in [4.69, 9.17) is 4.74 Å². The summed E-state index contributed by atoms with van der Waals surface area (Å²) in [6.07, 6.45) is 4.56. The summed E-state index contributed by atoms with van der Waals surface area (Å²) in [7, 11) is 8.04. The summed E-state index contributed by atoms with van der Waals surface area (Å²) in [6, 6.07) is 6.31. The number of fused-ring (bicyclic) bond motifs is 1. The predicted molar refractivity (Wildman–Crippen MR) is 76.3 cm³/mol. The van der Waals surface area contributed by atoms with Crippen molar-refractivity contribution in [1.29, 1.82) is 0 Å². The summed E-state index contributed by atoms with van der Waals surface area (Å²) < 4.78 is 7.46. The Morgan fingerprint density at radius 2 is 2.06 bits per heavy atom. The fourth-order valence-electron chi connectivity index (χ4n) is 2.36. The number of benzene rings is 1. The maximum Gasteiger partial charge on any atom is 0.120 e. The van der Waals surface area contributed by atoms with Gasteiger partial charge in [-0.25, -0.2) is 0 Å². The van der Waals surface area contributed by atoms with E-state index in [9.17, 15) is 0 Å². The monoisotopic (exact) mass is 246 g/mol. The minimum atomic E-state index is 0.920. The van der Waals surface area contributed by atoms with Gasteiger partial charge in [0.05, 0.1) is 12.6 Å². The zero-order valence-corrected chi connectivity index (χ0v) is 11.7. The van der Waals surface area contributed by atoms with Gasteiger partial charge in [0.25, 0.3) is 0 Å². The maximum atomic E-state index is 5.28. The van der Waals surface area contributed by atoms with Crippen molar-refractivity contribution < 1.29 is 4.74 Å². The summed E-state index contributed by atoms with van der Waals surface area (Å²) in [4.78, 5) is 2.23. The number of aryl methyl sites for hydroxylation is 2. The van der Waals surface area contributed by atoms with Crippen LogP contribution in [-0.2, 0) is 13.5 Å². The van der Waals surface area contributed by atoms with Gasteiger partial charge in [-0.1, -0.05) is 0 Å². The van der Waals surface area contributed by atoms with E-state index in [1.54, 1.807) is 7.11 Å². The standard InChI is InChI=1S/C15H22N2O/c1-16(2)9-5-6-12-11-17(3)15-10-13(18-4)7-8-14(12)15/h7-8,10-11H,5-6,9H2,1-4H3. The molecule has 0 aliphatic heterocycles. The molecule has 3 nitrogen and oxygen atoms in total. The number of ether oxygens (including phenoxy) is 1. The molecule has 0 unspecified atom stereocenters. The average molecular weight is 246 g/mol. The normalized spacial score (nSPS) is 11.4. The third-order valence-electron chi connectivity index (χ3n) is 3.33. The smallest absolute Gasteiger partial charge is 0.120 e. The molecule has 0 N–H and O–H groups in total. The van der Waals surface area contributed by atoms with Gasteiger partial charge >= 0.3 is 0 Å². The Kier molecular flexibility index (Phi) is 3.92. The van der Waals surface area contributed by atoms with Crippen LogP contribution < -0.4 is 4.74 Å². The molecule has 0 aliphatic rings. The van der Waals surface area contributed by atoms with E-state index in [2.05, 4.69) is 48.9 Å². The molecule has 98 valence electrons. The molecule has 1 heterocycles. The summed E-state index contributed by atoms with van der Waals surface area (Å²) in [5, 5.41) is 1.34. The van der Waals surface area contributed by atoms with Crippen molar-refractivity contribution in [3.05, 3.63) is 30.0 Å². The van der Waals surface area contributed by atoms with Gasteiger partial charge in [0.15, 0.2) is 0 Å². The lowest BCUT2D eigenvalue weighted by atomic mass is 10.1. The van der Waals surface area contributed by atoms with E-state index in [-0.39, 0.29) is 0 Å². The molecule has 1 aromatic carbocycles. The van der Waals surface area contributed by atoms with Crippen LogP contribution in [0.2, 0.25) is 0 Å². The van der Waals surface area contributed by atoms with Crippen molar-refractivity contribution >= 4 is 10.9 Å². The molecular weight excluding hydrogens is 224 g/mol. The van der Waals surface area contributed by atoms with E-state index in [1.165, 1.54) is 22.9 Å². The number of aromatic nitrogens is 1. The average Bonchev–Trinajstić information content (AvgIpc) is 2.65. The highest BCUT2D eigenvalue weighted by atomic mass is 16.5. The van der Waals surface area contributed by atoms with E-state index in [0.29, 0.717) is 0 Å². The van der Waals surface area contributed by atoms with Gasteiger partial charge in [0, 0.05) is 24.7 Å². The molecule has 0 fully saturated rings. The molecule has 0 aliphatic carbocycles. The number of methoxy groups -OCH3 is 1. The van der Waals surface area contributed by atoms with Gasteiger partial charge in [-0.15, -0.1) is 0 Å². The molecule has 1 aromatic heterocycles. The Morgan fingerprint density at radius 3 is 2.72 bits per heavy atom. The SMILES string of the molecule is COc1ccc2c(CCCN(C)C)cn(C)c2c1. The Morgan fingerprint density at radius 1 is 1.28 bits per heavy atom. The van der Waals surface area contributed by atoms with Crippen LogP contribution in [0.1, 0.15) is 12.0 Å². The highest BCUT2D eigenvalue weighted by Crippen LogP contribution is 2.25. The second-order valence-corrected chi connectivity index (χ2v) is 5.06. The minimum absolute atomic E-state index is 0.920. The van der Waals surface area contributed by atoms with Crippen LogP contribution in [0.25, 0.3) is 10.9 Å². The summed E-state index contributed by atoms with van der Waals surface area (Å²) >= 11 is 0. The number of hydrogen-bond donors (Lipinski definition) is 0. The third kappa shape index (κ3) is 2.67. The van der Waals surface area contributed by atoms with E-state index < -0.39 is 0 Å². The summed E-state index contributed by atoms with van der Waals surface area (Å²) in [5.74, 6) is 0.920. The Balaban J connectivity index is 2.24. The molecular formula is C15H22N2O. The molecule has 0 amide bonds. The molecule has 0 bridgehead atoms. The van der Waals surface area contributed by atoms with E-state index in [1.807, 2.05) is 6.07 Å². The molecule has 3 heteroatoms. The second kappa shape index (κ2) is 5.44. The fraction of sp³-hybridized carbons (Fsp3) is 0.467. The molecule has 0 saturated carbocycles. The largest absolute Gasteiger partial charge is 0.497 e. The first-order chi connectivity index (χ1) is 8.61. The van der Waals surface area contributed by atoms with E-state index >= 15 is 0 Å². The quantitative estimate of drug-likeness (QED) is 0.807. The van der Waals surface area contributed by atoms with Crippen molar-refractivity contribution in [2.75, 3.05) is 27.7 Å². The van der Waals surface area contributed by atoms with Crippen LogP contribution in [0.3, 0.4) is 0 Å². The van der Waals surface area contributed by atoms with Gasteiger partial charge in [-0.2, -0.15) is 0 Å². The van der Waals surface area contributed by atoms with Crippen molar-refractivity contribution in [1.82, 2.24) is 9.47 Å². The molecule has 0 spiro atoms. The highest BCUT2D eigenvalue weighted by molar-refractivity contribution is 5.85. The predicted octanol–water partition coefficient (Wildman–Crippen LogP) is 2.68. The second-order valence-electron chi connectivity index (χ2n) is 5.06. The van der Waals surface area contributed by atoms with Gasteiger partial charge < -0.3 is 14.2 Å². The fourth-order valence-corrected chi connectivity index (χ4v) is 2.36. The Hall–Kier alpha value is -1.48. The van der Waals surface area contributed by atoms with Gasteiger partial charge in [0.2, 0.25) is 0 Å². The molecule has 0 atom stereocenters. The van der Waals surface area contributed by atoms with E-state index in [0.717, 1.165) is 18.7 Å². The lowest BCUT2D eigenvalue weighted by Gasteiger charge is -2.08. The molecule has 2 rings (SSSR count). The van der Waals surface area contributed by atoms with Crippen molar-refractivity contribution in [2.45, 2.75) is 12.8 Å². The topological polar surface area (TPSA) is 17.4 Å². The summed E-state index contributed by atoms with van der Waals surface area (Å²) in [5.41, 5.74) is 2.67. The van der Waals surface area contributed by atoms with Crippen LogP contribution in [0.15, 0.2) is 24.4 Å². The maximum absolute atomic E-state index is 5.28. The van der Waals surface area contributed by atoms with Gasteiger partial charge in [0.1, 0.15) is 5.75 Å². The molecule has 0 saturated heterocycles. The molecule has 0 radical (unpaired) electrons. The van der Waals surface area contributed by atoms with Gasteiger partial charge in [-0.3, -0.25) is 0 Å². The number of hydrogen-bond acceptors (Lipinski definition) is 2. The van der Waals surface area contributed by atoms with Crippen LogP contribution >= 0.6 is 0 Å². The zero-order chi connectivity index (χ0) is 13.1. The first-order valence-corrected chi connectivity index (χ1v) is 6.38. The number of rotatable bonds is 5. The lowest BCUT2D eigenvalue weighted by molar-refractivity contribution is 0.400. The minimum Gasteiger partial charge on any atom is -0.497 e. The molecule has 18 heavy (non-hydrogen) atoms. The Labute approximate surface area is 109 Å². The Bertz CT molecular complexity index is 529. The van der Waals surface area contributed by atoms with Crippen LogP contribution in [-0.4, -0.2) is 37.2 Å². The van der Waals surface area contributed by atoms with Crippen molar-refractivity contribution in [2.24, 2.45) is 7.05 Å². The highest BCUT2D eigenvalue weighted by Gasteiger charge is 2.07. The van der Waals surface area contributed by atoms with Crippen molar-refractivity contribution in [3.8, 4) is 5.75 Å². The van der Waals surface area contributed by atoms with Gasteiger partial charge in [-0.05, 0) is 51.2 Å². The van der Waals surface area contributed by atoms with Crippen LogP contribution in [0.5, 0.6) is 5.75 Å². The summed E-state index contributed by atoms with van der Waals surface area (Å²) in [6.45, 7) is 1.13. The lowest BCUT2D eigenvalue weighted by Crippen LogP contribution is -2.13. The zero-order valence-electron chi connectivity index (χ0n) is 11.7. The molecule has 2 aromatic rings. The van der Waals surface area contributed by atoms with Crippen LogP contribution in [0, 0.1) is 0 Å². The van der Waals surface area contributed by atoms with Crippen molar-refractivity contribution in [3.63, 3.8) is 0 Å².